The van der Waals surface area contributed by atoms with Gasteiger partial charge >= 0.3 is 0 Å². The molecule has 0 fully saturated rings. The molecule has 0 radical (unpaired) electrons. The van der Waals surface area contributed by atoms with Gasteiger partial charge in [-0.05, 0) is 18.2 Å². The van der Waals surface area contributed by atoms with Gasteiger partial charge in [0, 0.05) is 12.4 Å². The van der Waals surface area contributed by atoms with Crippen molar-refractivity contribution in [3.8, 4) is 6.07 Å². The van der Waals surface area contributed by atoms with Crippen molar-refractivity contribution in [1.82, 2.24) is 9.97 Å². The number of carbonyl (C=O) groups is 1. The minimum absolute atomic E-state index is 0.115. The zero-order valence-electron chi connectivity index (χ0n) is 9.09. The number of pyridine rings is 2. The second-order valence-electron chi connectivity index (χ2n) is 3.35. The Labute approximate surface area is 102 Å². The van der Waals surface area contributed by atoms with Gasteiger partial charge in [0.25, 0.3) is 5.91 Å². The quantitative estimate of drug-likeness (QED) is 0.869. The molecular formula is C12H7FN4O. The van der Waals surface area contributed by atoms with E-state index in [1.54, 1.807) is 0 Å². The number of rotatable bonds is 2. The molecule has 0 atom stereocenters. The van der Waals surface area contributed by atoms with E-state index >= 15 is 0 Å². The van der Waals surface area contributed by atoms with E-state index in [0.717, 1.165) is 6.20 Å². The van der Waals surface area contributed by atoms with Crippen LogP contribution < -0.4 is 5.32 Å². The van der Waals surface area contributed by atoms with Gasteiger partial charge in [-0.1, -0.05) is 0 Å². The number of nitrogens with zero attached hydrogens (tertiary/aromatic N) is 3. The van der Waals surface area contributed by atoms with Crippen LogP contribution in [0.2, 0.25) is 0 Å². The average Bonchev–Trinajstić information content (AvgIpc) is 2.40. The lowest BCUT2D eigenvalue weighted by Crippen LogP contribution is -2.14. The van der Waals surface area contributed by atoms with E-state index < -0.39 is 11.7 Å². The standard InChI is InChI=1S/C12H7FN4O/c13-10-7-15-4-3-9(10)12(18)17-11-2-1-8(5-14)6-16-11/h1-4,6-7H,(H,16,17,18). The van der Waals surface area contributed by atoms with Crippen molar-refractivity contribution in [2.75, 3.05) is 5.32 Å². The van der Waals surface area contributed by atoms with E-state index in [1.807, 2.05) is 6.07 Å². The number of nitrogens with one attached hydrogen (secondary N) is 1. The van der Waals surface area contributed by atoms with Crippen LogP contribution in [0, 0.1) is 17.1 Å². The van der Waals surface area contributed by atoms with Crippen LogP contribution in [-0.2, 0) is 0 Å². The minimum atomic E-state index is -0.705. The first-order chi connectivity index (χ1) is 8.70. The summed E-state index contributed by atoms with van der Waals surface area (Å²) in [6.45, 7) is 0. The zero-order valence-corrected chi connectivity index (χ0v) is 9.09. The van der Waals surface area contributed by atoms with Crippen LogP contribution in [0.4, 0.5) is 10.2 Å². The van der Waals surface area contributed by atoms with Crippen molar-refractivity contribution < 1.29 is 9.18 Å². The number of carbonyl (C=O) groups excluding carboxylic acids is 1. The Kier molecular flexibility index (Phi) is 3.25. The molecule has 0 saturated carbocycles. The molecule has 6 heteroatoms. The largest absolute Gasteiger partial charge is 0.306 e. The maximum absolute atomic E-state index is 13.3. The number of hydrogen-bond donors (Lipinski definition) is 1. The summed E-state index contributed by atoms with van der Waals surface area (Å²) in [4.78, 5) is 19.1. The Bertz CT molecular complexity index is 619. The van der Waals surface area contributed by atoms with Crippen LogP contribution >= 0.6 is 0 Å². The second-order valence-corrected chi connectivity index (χ2v) is 3.35. The van der Waals surface area contributed by atoms with Crippen LogP contribution in [0.15, 0.2) is 36.8 Å². The van der Waals surface area contributed by atoms with Crippen LogP contribution in [0.25, 0.3) is 0 Å². The summed E-state index contributed by atoms with van der Waals surface area (Å²) in [6, 6.07) is 6.15. The molecule has 5 nitrogen and oxygen atoms in total. The molecule has 0 spiro atoms. The first kappa shape index (κ1) is 11.7. The van der Waals surface area contributed by atoms with Gasteiger partial charge in [0.05, 0.1) is 17.3 Å². The molecule has 0 saturated heterocycles. The van der Waals surface area contributed by atoms with Crippen LogP contribution in [0.1, 0.15) is 15.9 Å². The molecule has 88 valence electrons. The topological polar surface area (TPSA) is 78.7 Å². The van der Waals surface area contributed by atoms with Gasteiger partial charge in [0.15, 0.2) is 5.82 Å². The first-order valence-corrected chi connectivity index (χ1v) is 4.97. The number of nitriles is 1. The number of amides is 1. The SMILES string of the molecule is N#Cc1ccc(NC(=O)c2ccncc2F)nc1. The van der Waals surface area contributed by atoms with Crippen molar-refractivity contribution in [3.05, 3.63) is 53.7 Å². The molecule has 2 aromatic heterocycles. The summed E-state index contributed by atoms with van der Waals surface area (Å²) in [6.07, 6.45) is 3.60. The van der Waals surface area contributed by atoms with E-state index in [2.05, 4.69) is 15.3 Å². The van der Waals surface area contributed by atoms with Crippen LogP contribution in [0.5, 0.6) is 0 Å². The van der Waals surface area contributed by atoms with Crippen molar-refractivity contribution >= 4 is 11.7 Å². The molecule has 2 heterocycles. The fourth-order valence-electron chi connectivity index (χ4n) is 1.28. The van der Waals surface area contributed by atoms with Gasteiger partial charge < -0.3 is 5.32 Å². The number of aromatic nitrogens is 2. The molecule has 0 aromatic carbocycles. The van der Waals surface area contributed by atoms with Gasteiger partial charge in [-0.25, -0.2) is 9.37 Å². The van der Waals surface area contributed by atoms with Crippen molar-refractivity contribution in [1.29, 1.82) is 5.26 Å². The zero-order chi connectivity index (χ0) is 13.0. The van der Waals surface area contributed by atoms with Crippen molar-refractivity contribution in [3.63, 3.8) is 0 Å². The third kappa shape index (κ3) is 2.47. The van der Waals surface area contributed by atoms with E-state index in [4.69, 9.17) is 5.26 Å². The highest BCUT2D eigenvalue weighted by molar-refractivity contribution is 6.03. The molecule has 0 aliphatic rings. The number of hydrogen-bond acceptors (Lipinski definition) is 4. The summed E-state index contributed by atoms with van der Waals surface area (Å²) < 4.78 is 13.3. The average molecular weight is 242 g/mol. The fraction of sp³-hybridized carbons (Fsp3) is 0. The van der Waals surface area contributed by atoms with Gasteiger partial charge in [0.2, 0.25) is 0 Å². The maximum atomic E-state index is 13.3. The van der Waals surface area contributed by atoms with Crippen LogP contribution in [0.3, 0.4) is 0 Å². The molecule has 2 aromatic rings. The van der Waals surface area contributed by atoms with Crippen LogP contribution in [-0.4, -0.2) is 15.9 Å². The smallest absolute Gasteiger partial charge is 0.259 e. The lowest BCUT2D eigenvalue weighted by Gasteiger charge is -2.04. The Morgan fingerprint density at radius 3 is 2.78 bits per heavy atom. The van der Waals surface area contributed by atoms with Gasteiger partial charge in [-0.15, -0.1) is 0 Å². The maximum Gasteiger partial charge on any atom is 0.259 e. The number of halogens is 1. The molecule has 0 aliphatic carbocycles. The predicted octanol–water partition coefficient (Wildman–Crippen LogP) is 1.74. The normalized spacial score (nSPS) is 9.56. The highest BCUT2D eigenvalue weighted by Gasteiger charge is 2.11. The first-order valence-electron chi connectivity index (χ1n) is 4.97. The summed E-state index contributed by atoms with van der Waals surface area (Å²) in [5.74, 6) is -1.08. The van der Waals surface area contributed by atoms with E-state index in [-0.39, 0.29) is 11.4 Å². The molecule has 1 amide bonds. The van der Waals surface area contributed by atoms with Gasteiger partial charge in [-0.2, -0.15) is 5.26 Å². The molecular weight excluding hydrogens is 235 g/mol. The van der Waals surface area contributed by atoms with Crippen molar-refractivity contribution in [2.24, 2.45) is 0 Å². The Hall–Kier alpha value is -2.81. The second kappa shape index (κ2) is 5.01. The van der Waals surface area contributed by atoms with Crippen molar-refractivity contribution in [2.45, 2.75) is 0 Å². The lowest BCUT2D eigenvalue weighted by molar-refractivity contribution is 0.102. The summed E-state index contributed by atoms with van der Waals surface area (Å²) in [5, 5.41) is 11.0. The molecule has 0 unspecified atom stereocenters. The van der Waals surface area contributed by atoms with Gasteiger partial charge in [-0.3, -0.25) is 9.78 Å². The highest BCUT2D eigenvalue weighted by Crippen LogP contribution is 2.09. The molecule has 18 heavy (non-hydrogen) atoms. The summed E-state index contributed by atoms with van der Waals surface area (Å²) in [5.41, 5.74) is 0.263. The van der Waals surface area contributed by atoms with E-state index in [0.29, 0.717) is 5.56 Å². The molecule has 2 rings (SSSR count). The Morgan fingerprint density at radius 2 is 2.17 bits per heavy atom. The third-order valence-corrected chi connectivity index (χ3v) is 2.15. The molecule has 0 aliphatic heterocycles. The highest BCUT2D eigenvalue weighted by atomic mass is 19.1. The summed E-state index contributed by atoms with van der Waals surface area (Å²) >= 11 is 0. The van der Waals surface area contributed by atoms with Gasteiger partial charge in [0.1, 0.15) is 11.9 Å². The van der Waals surface area contributed by atoms with E-state index in [9.17, 15) is 9.18 Å². The molecule has 1 N–H and O–H groups in total. The molecule has 0 bridgehead atoms. The predicted molar refractivity (Wildman–Crippen MR) is 61.1 cm³/mol. The van der Waals surface area contributed by atoms with E-state index in [1.165, 1.54) is 30.6 Å². The fourth-order valence-corrected chi connectivity index (χ4v) is 1.28. The Balaban J connectivity index is 2.17. The Morgan fingerprint density at radius 1 is 1.33 bits per heavy atom. The lowest BCUT2D eigenvalue weighted by atomic mass is 10.2. The summed E-state index contributed by atoms with van der Waals surface area (Å²) in [7, 11) is 0. The number of anilines is 1. The third-order valence-electron chi connectivity index (χ3n) is 2.15. The minimum Gasteiger partial charge on any atom is -0.306 e. The monoisotopic (exact) mass is 242 g/mol.